The van der Waals surface area contributed by atoms with Crippen LogP contribution in [0.25, 0.3) is 0 Å². The predicted molar refractivity (Wildman–Crippen MR) is 66.3 cm³/mol. The van der Waals surface area contributed by atoms with Crippen molar-refractivity contribution in [2.75, 3.05) is 13.1 Å². The fraction of sp³-hybridized carbons (Fsp3) is 0.300. The van der Waals surface area contributed by atoms with E-state index in [1.165, 1.54) is 18.2 Å². The molecule has 0 aliphatic carbocycles. The Hall–Kier alpha value is -0.820. The molecule has 5 nitrogen and oxygen atoms in total. The largest absolute Gasteiger partial charge is 0.481 e. The number of hydrogen-bond acceptors (Lipinski definition) is 3. The molecule has 1 aromatic carbocycles. The number of aliphatic carboxylic acids is 1. The Labute approximate surface area is 114 Å². The standard InChI is InChI=1S/C10H9Cl2NO4S/c11-7-2-1-3-8(9(7)12)18(16,17)13-4-6(5-13)10(14)15/h1-3,6H,4-5H2,(H,14,15). The molecule has 1 N–H and O–H groups in total. The van der Waals surface area contributed by atoms with E-state index in [0.717, 1.165) is 4.31 Å². The summed E-state index contributed by atoms with van der Waals surface area (Å²) in [6.07, 6.45) is 0. The summed E-state index contributed by atoms with van der Waals surface area (Å²) in [7, 11) is -3.77. The SMILES string of the molecule is O=C(O)C1CN(S(=O)(=O)c2cccc(Cl)c2Cl)C1. The maximum absolute atomic E-state index is 12.1. The summed E-state index contributed by atoms with van der Waals surface area (Å²) in [5.41, 5.74) is 0. The maximum atomic E-state index is 12.1. The molecule has 1 aliphatic rings. The summed E-state index contributed by atoms with van der Waals surface area (Å²) in [4.78, 5) is 10.5. The van der Waals surface area contributed by atoms with Crippen LogP contribution in [-0.4, -0.2) is 36.9 Å². The van der Waals surface area contributed by atoms with Gasteiger partial charge in [-0.25, -0.2) is 8.42 Å². The van der Waals surface area contributed by atoms with Gasteiger partial charge in [-0.15, -0.1) is 0 Å². The average molecular weight is 310 g/mol. The molecule has 1 saturated heterocycles. The van der Waals surface area contributed by atoms with Gasteiger partial charge in [0.25, 0.3) is 0 Å². The van der Waals surface area contributed by atoms with Gasteiger partial charge in [0.05, 0.1) is 16.0 Å². The number of nitrogens with zero attached hydrogens (tertiary/aromatic N) is 1. The van der Waals surface area contributed by atoms with E-state index in [-0.39, 0.29) is 28.0 Å². The Balaban J connectivity index is 2.28. The number of benzene rings is 1. The van der Waals surface area contributed by atoms with Crippen LogP contribution in [0.15, 0.2) is 23.1 Å². The van der Waals surface area contributed by atoms with Gasteiger partial charge in [-0.2, -0.15) is 4.31 Å². The van der Waals surface area contributed by atoms with E-state index in [9.17, 15) is 13.2 Å². The van der Waals surface area contributed by atoms with Crippen LogP contribution in [0.3, 0.4) is 0 Å². The lowest BCUT2D eigenvalue weighted by Gasteiger charge is -2.35. The van der Waals surface area contributed by atoms with Gasteiger partial charge < -0.3 is 5.11 Å². The summed E-state index contributed by atoms with van der Waals surface area (Å²) in [5, 5.41) is 8.82. The van der Waals surface area contributed by atoms with Crippen molar-refractivity contribution < 1.29 is 18.3 Å². The topological polar surface area (TPSA) is 74.7 Å². The summed E-state index contributed by atoms with van der Waals surface area (Å²) >= 11 is 11.6. The number of sulfonamides is 1. The zero-order valence-electron chi connectivity index (χ0n) is 9.01. The fourth-order valence-corrected chi connectivity index (χ4v) is 3.88. The van der Waals surface area contributed by atoms with Crippen LogP contribution >= 0.6 is 23.2 Å². The third-order valence-corrected chi connectivity index (χ3v) is 5.54. The molecule has 2 rings (SSSR count). The molecule has 0 amide bonds. The summed E-state index contributed by atoms with van der Waals surface area (Å²) in [5.74, 6) is -1.66. The molecule has 0 atom stereocenters. The van der Waals surface area contributed by atoms with Gasteiger partial charge in [-0.1, -0.05) is 29.3 Å². The number of halogens is 2. The zero-order chi connectivity index (χ0) is 13.5. The maximum Gasteiger partial charge on any atom is 0.309 e. The van der Waals surface area contributed by atoms with Crippen molar-refractivity contribution >= 4 is 39.2 Å². The third-order valence-electron chi connectivity index (χ3n) is 2.73. The van der Waals surface area contributed by atoms with Crippen molar-refractivity contribution in [3.05, 3.63) is 28.2 Å². The molecule has 1 aromatic rings. The number of carboxylic acids is 1. The molecule has 98 valence electrons. The molecule has 0 aromatic heterocycles. The molecule has 18 heavy (non-hydrogen) atoms. The quantitative estimate of drug-likeness (QED) is 0.922. The zero-order valence-corrected chi connectivity index (χ0v) is 11.3. The Morgan fingerprint density at radius 2 is 1.94 bits per heavy atom. The first-order valence-electron chi connectivity index (χ1n) is 5.01. The van der Waals surface area contributed by atoms with Crippen LogP contribution in [0.2, 0.25) is 10.0 Å². The molecular weight excluding hydrogens is 301 g/mol. The monoisotopic (exact) mass is 309 g/mol. The summed E-state index contributed by atoms with van der Waals surface area (Å²) in [6, 6.07) is 4.31. The smallest absolute Gasteiger partial charge is 0.309 e. The van der Waals surface area contributed by atoms with E-state index in [1.807, 2.05) is 0 Å². The fourth-order valence-electron chi connectivity index (χ4n) is 1.61. The van der Waals surface area contributed by atoms with Gasteiger partial charge in [0, 0.05) is 13.1 Å². The normalized spacial score (nSPS) is 17.4. The van der Waals surface area contributed by atoms with Crippen LogP contribution in [0, 0.1) is 5.92 Å². The molecule has 1 aliphatic heterocycles. The second-order valence-electron chi connectivity index (χ2n) is 3.91. The lowest BCUT2D eigenvalue weighted by molar-refractivity contribution is -0.145. The number of rotatable bonds is 3. The van der Waals surface area contributed by atoms with Crippen LogP contribution in [-0.2, 0) is 14.8 Å². The molecule has 1 fully saturated rings. The van der Waals surface area contributed by atoms with Gasteiger partial charge in [-0.05, 0) is 12.1 Å². The van der Waals surface area contributed by atoms with Crippen molar-refractivity contribution in [3.63, 3.8) is 0 Å². The van der Waals surface area contributed by atoms with Crippen molar-refractivity contribution in [2.45, 2.75) is 4.90 Å². The first-order valence-corrected chi connectivity index (χ1v) is 7.20. The molecular formula is C10H9Cl2NO4S. The van der Waals surface area contributed by atoms with Gasteiger partial charge in [0.2, 0.25) is 10.0 Å². The van der Waals surface area contributed by atoms with Crippen molar-refractivity contribution in [2.24, 2.45) is 5.92 Å². The van der Waals surface area contributed by atoms with E-state index in [4.69, 9.17) is 28.3 Å². The lowest BCUT2D eigenvalue weighted by Crippen LogP contribution is -2.52. The minimum atomic E-state index is -3.77. The Bertz CT molecular complexity index is 596. The molecule has 8 heteroatoms. The first kappa shape index (κ1) is 13.6. The van der Waals surface area contributed by atoms with Crippen molar-refractivity contribution in [1.82, 2.24) is 4.31 Å². The number of carboxylic acid groups (broad SMARTS) is 1. The Morgan fingerprint density at radius 3 is 2.50 bits per heavy atom. The van der Waals surface area contributed by atoms with Gasteiger partial charge in [0.1, 0.15) is 4.90 Å². The minimum Gasteiger partial charge on any atom is -0.481 e. The highest BCUT2D eigenvalue weighted by atomic mass is 35.5. The van der Waals surface area contributed by atoms with Gasteiger partial charge in [-0.3, -0.25) is 4.79 Å². The van der Waals surface area contributed by atoms with Crippen molar-refractivity contribution in [3.8, 4) is 0 Å². The van der Waals surface area contributed by atoms with Crippen LogP contribution < -0.4 is 0 Å². The average Bonchev–Trinajstić information content (AvgIpc) is 2.18. The molecule has 0 saturated carbocycles. The second kappa shape index (κ2) is 4.70. The highest BCUT2D eigenvalue weighted by molar-refractivity contribution is 7.89. The van der Waals surface area contributed by atoms with E-state index in [2.05, 4.69) is 0 Å². The number of carbonyl (C=O) groups is 1. The molecule has 0 radical (unpaired) electrons. The van der Waals surface area contributed by atoms with E-state index in [0.29, 0.717) is 0 Å². The van der Waals surface area contributed by atoms with Crippen molar-refractivity contribution in [1.29, 1.82) is 0 Å². The highest BCUT2D eigenvalue weighted by Gasteiger charge is 2.41. The third kappa shape index (κ3) is 2.21. The van der Waals surface area contributed by atoms with Crippen LogP contribution in [0.5, 0.6) is 0 Å². The predicted octanol–water partition coefficient (Wildman–Crippen LogP) is 1.70. The molecule has 0 unspecified atom stereocenters. The van der Waals surface area contributed by atoms with Gasteiger partial charge >= 0.3 is 5.97 Å². The molecule has 1 heterocycles. The molecule has 0 bridgehead atoms. The van der Waals surface area contributed by atoms with E-state index < -0.39 is 21.9 Å². The molecule has 0 spiro atoms. The lowest BCUT2D eigenvalue weighted by atomic mass is 10.0. The first-order chi connectivity index (χ1) is 8.34. The summed E-state index contributed by atoms with van der Waals surface area (Å²) < 4.78 is 25.4. The number of hydrogen-bond donors (Lipinski definition) is 1. The Morgan fingerprint density at radius 1 is 1.33 bits per heavy atom. The Kier molecular flexibility index (Phi) is 3.55. The van der Waals surface area contributed by atoms with E-state index in [1.54, 1.807) is 0 Å². The minimum absolute atomic E-state index is 0.0412. The summed E-state index contributed by atoms with van der Waals surface area (Å²) in [6.45, 7) is -0.0823. The van der Waals surface area contributed by atoms with Gasteiger partial charge in [0.15, 0.2) is 0 Å². The van der Waals surface area contributed by atoms with Crippen LogP contribution in [0.1, 0.15) is 0 Å². The second-order valence-corrected chi connectivity index (χ2v) is 6.60. The van der Waals surface area contributed by atoms with Crippen LogP contribution in [0.4, 0.5) is 0 Å². The van der Waals surface area contributed by atoms with E-state index >= 15 is 0 Å². The highest BCUT2D eigenvalue weighted by Crippen LogP contribution is 2.33.